The lowest BCUT2D eigenvalue weighted by Crippen LogP contribution is -2.45. The lowest BCUT2D eigenvalue weighted by molar-refractivity contribution is 0.0722. The average Bonchev–Trinajstić information content (AvgIpc) is 2.68. The van der Waals surface area contributed by atoms with Crippen LogP contribution in [0.1, 0.15) is 66.4 Å². The van der Waals surface area contributed by atoms with Crippen molar-refractivity contribution in [1.82, 2.24) is 23.5 Å². The normalized spacial score (nSPS) is 22.2. The summed E-state index contributed by atoms with van der Waals surface area (Å²) >= 11 is 0. The van der Waals surface area contributed by atoms with Gasteiger partial charge in [-0.3, -0.25) is 4.79 Å². The quantitative estimate of drug-likeness (QED) is 0.775. The molecule has 150 valence electrons. The predicted octanol–water partition coefficient (Wildman–Crippen LogP) is 1.74. The molecule has 1 aromatic heterocycles. The summed E-state index contributed by atoms with van der Waals surface area (Å²) in [6.07, 6.45) is 7.24. The van der Waals surface area contributed by atoms with E-state index in [1.54, 1.807) is 13.1 Å². The number of aromatic nitrogens is 2. The molecule has 2 fully saturated rings. The fraction of sp³-hybridized carbons (Fsp3) is 0.722. The number of amides is 1. The highest BCUT2D eigenvalue weighted by atomic mass is 32.2. The molecule has 3 heterocycles. The molecule has 2 aliphatic heterocycles. The fourth-order valence-corrected chi connectivity index (χ4v) is 5.07. The van der Waals surface area contributed by atoms with Crippen LogP contribution in [0.15, 0.2) is 6.20 Å². The van der Waals surface area contributed by atoms with Gasteiger partial charge in [-0.25, -0.2) is 9.97 Å². The van der Waals surface area contributed by atoms with Gasteiger partial charge < -0.3 is 4.90 Å². The van der Waals surface area contributed by atoms with Gasteiger partial charge in [-0.15, -0.1) is 0 Å². The van der Waals surface area contributed by atoms with Crippen LogP contribution in [0, 0.1) is 6.92 Å². The minimum absolute atomic E-state index is 0.0276. The minimum atomic E-state index is -3.54. The smallest absolute Gasteiger partial charge is 0.282 e. The molecular formula is C18H29N5O3S. The van der Waals surface area contributed by atoms with E-state index in [0.717, 1.165) is 45.2 Å². The first-order valence-electron chi connectivity index (χ1n) is 9.64. The second-order valence-electron chi connectivity index (χ2n) is 7.49. The van der Waals surface area contributed by atoms with E-state index >= 15 is 0 Å². The van der Waals surface area contributed by atoms with Crippen molar-refractivity contribution in [1.29, 1.82) is 0 Å². The molecule has 3 rings (SSSR count). The number of rotatable bonds is 4. The van der Waals surface area contributed by atoms with Gasteiger partial charge in [-0.1, -0.05) is 6.42 Å². The molecule has 2 saturated heterocycles. The van der Waals surface area contributed by atoms with Crippen molar-refractivity contribution in [2.45, 2.75) is 51.5 Å². The molecule has 1 atom stereocenters. The maximum atomic E-state index is 12.8. The van der Waals surface area contributed by atoms with Gasteiger partial charge in [-0.05, 0) is 39.0 Å². The van der Waals surface area contributed by atoms with Gasteiger partial charge in [0.2, 0.25) is 0 Å². The average molecular weight is 396 g/mol. The van der Waals surface area contributed by atoms with E-state index < -0.39 is 10.2 Å². The topological polar surface area (TPSA) is 86.7 Å². The second kappa shape index (κ2) is 8.20. The Kier molecular flexibility index (Phi) is 6.12. The van der Waals surface area contributed by atoms with E-state index in [2.05, 4.69) is 9.97 Å². The van der Waals surface area contributed by atoms with Gasteiger partial charge in [0.25, 0.3) is 16.1 Å². The highest BCUT2D eigenvalue weighted by molar-refractivity contribution is 7.86. The Morgan fingerprint density at radius 3 is 2.41 bits per heavy atom. The van der Waals surface area contributed by atoms with Gasteiger partial charge in [0.05, 0.1) is 17.3 Å². The van der Waals surface area contributed by atoms with Crippen molar-refractivity contribution >= 4 is 16.1 Å². The number of hydrogen-bond donors (Lipinski definition) is 0. The van der Waals surface area contributed by atoms with Gasteiger partial charge in [-0.2, -0.15) is 17.0 Å². The zero-order chi connectivity index (χ0) is 19.6. The van der Waals surface area contributed by atoms with Crippen molar-refractivity contribution in [2.75, 3.05) is 33.7 Å². The van der Waals surface area contributed by atoms with Crippen LogP contribution in [0.5, 0.6) is 0 Å². The Labute approximate surface area is 161 Å². The molecule has 8 nitrogen and oxygen atoms in total. The maximum absolute atomic E-state index is 12.8. The van der Waals surface area contributed by atoms with Crippen LogP contribution < -0.4 is 0 Å². The van der Waals surface area contributed by atoms with Crippen LogP contribution in [-0.2, 0) is 10.2 Å². The maximum Gasteiger partial charge on any atom is 0.282 e. The summed E-state index contributed by atoms with van der Waals surface area (Å²) in [6, 6.07) is -0.385. The number of piperidine rings is 2. The molecule has 1 aromatic rings. The van der Waals surface area contributed by atoms with Crippen LogP contribution >= 0.6 is 0 Å². The van der Waals surface area contributed by atoms with Gasteiger partial charge in [0.1, 0.15) is 5.82 Å². The molecule has 0 bridgehead atoms. The first-order chi connectivity index (χ1) is 12.8. The van der Waals surface area contributed by atoms with Crippen molar-refractivity contribution < 1.29 is 13.2 Å². The first kappa shape index (κ1) is 20.2. The summed E-state index contributed by atoms with van der Waals surface area (Å²) in [6.45, 7) is 3.81. The number of carbonyl (C=O) groups excluding carboxylic acids is 1. The van der Waals surface area contributed by atoms with Crippen LogP contribution in [0.3, 0.4) is 0 Å². The largest absolute Gasteiger partial charge is 0.339 e. The molecule has 27 heavy (non-hydrogen) atoms. The molecule has 0 aliphatic carbocycles. The zero-order valence-corrected chi connectivity index (χ0v) is 17.2. The number of nitrogens with zero attached hydrogens (tertiary/aromatic N) is 5. The molecule has 9 heteroatoms. The monoisotopic (exact) mass is 395 g/mol. The lowest BCUT2D eigenvalue weighted by Gasteiger charge is -2.35. The van der Waals surface area contributed by atoms with Crippen LogP contribution in [0.25, 0.3) is 0 Å². The lowest BCUT2D eigenvalue weighted by atomic mass is 10.0. The standard InChI is InChI=1S/C18H29N5O3S/c1-14-15(18(24)22-10-6-4-7-11-22)13-19-17(20-14)16-9-5-8-12-23(16)27(25,26)21(2)3/h13,16H,4-12H2,1-3H3/t16-/m1/s1. The Bertz CT molecular complexity index is 790. The van der Waals surface area contributed by atoms with E-state index in [1.807, 2.05) is 4.90 Å². The zero-order valence-electron chi connectivity index (χ0n) is 16.4. The molecule has 0 N–H and O–H groups in total. The Balaban J connectivity index is 1.86. The second-order valence-corrected chi connectivity index (χ2v) is 9.59. The molecule has 0 radical (unpaired) electrons. The fourth-order valence-electron chi connectivity index (χ4n) is 3.77. The Morgan fingerprint density at radius 2 is 1.78 bits per heavy atom. The highest BCUT2D eigenvalue weighted by Crippen LogP contribution is 2.32. The van der Waals surface area contributed by atoms with Crippen molar-refractivity contribution in [3.63, 3.8) is 0 Å². The van der Waals surface area contributed by atoms with Crippen molar-refractivity contribution in [3.8, 4) is 0 Å². The van der Waals surface area contributed by atoms with E-state index in [1.165, 1.54) is 22.7 Å². The summed E-state index contributed by atoms with van der Waals surface area (Å²) in [5, 5.41) is 0. The number of carbonyl (C=O) groups is 1. The van der Waals surface area contributed by atoms with Gasteiger partial charge in [0, 0.05) is 39.9 Å². The van der Waals surface area contributed by atoms with Gasteiger partial charge in [0.15, 0.2) is 0 Å². The molecule has 0 saturated carbocycles. The summed E-state index contributed by atoms with van der Waals surface area (Å²) in [5.74, 6) is 0.452. The van der Waals surface area contributed by atoms with E-state index in [4.69, 9.17) is 0 Å². The predicted molar refractivity (Wildman–Crippen MR) is 102 cm³/mol. The third-order valence-corrected chi connectivity index (χ3v) is 7.33. The third kappa shape index (κ3) is 4.14. The third-order valence-electron chi connectivity index (χ3n) is 5.38. The summed E-state index contributed by atoms with van der Waals surface area (Å²) < 4.78 is 28.1. The molecule has 0 aromatic carbocycles. The van der Waals surface area contributed by atoms with E-state index in [0.29, 0.717) is 30.0 Å². The molecule has 1 amide bonds. The van der Waals surface area contributed by atoms with E-state index in [9.17, 15) is 13.2 Å². The molecule has 2 aliphatic rings. The molecule has 0 unspecified atom stereocenters. The van der Waals surface area contributed by atoms with Crippen LogP contribution in [-0.4, -0.2) is 71.5 Å². The van der Waals surface area contributed by atoms with Gasteiger partial charge >= 0.3 is 0 Å². The number of hydrogen-bond acceptors (Lipinski definition) is 5. The minimum Gasteiger partial charge on any atom is -0.339 e. The number of aryl methyl sites for hydroxylation is 1. The van der Waals surface area contributed by atoms with Crippen LogP contribution in [0.4, 0.5) is 0 Å². The first-order valence-corrected chi connectivity index (χ1v) is 11.0. The summed E-state index contributed by atoms with van der Waals surface area (Å²) in [4.78, 5) is 23.6. The Morgan fingerprint density at radius 1 is 1.11 bits per heavy atom. The molecule has 0 spiro atoms. The van der Waals surface area contributed by atoms with Crippen LogP contribution in [0.2, 0.25) is 0 Å². The number of likely N-dealkylation sites (tertiary alicyclic amines) is 1. The highest BCUT2D eigenvalue weighted by Gasteiger charge is 2.36. The van der Waals surface area contributed by atoms with Crippen molar-refractivity contribution in [2.24, 2.45) is 0 Å². The van der Waals surface area contributed by atoms with E-state index in [-0.39, 0.29) is 11.9 Å². The molecular weight excluding hydrogens is 366 g/mol. The van der Waals surface area contributed by atoms with Crippen molar-refractivity contribution in [3.05, 3.63) is 23.3 Å². The summed E-state index contributed by atoms with van der Waals surface area (Å²) in [7, 11) is -0.472. The SMILES string of the molecule is Cc1nc([C@H]2CCCCN2S(=O)(=O)N(C)C)ncc1C(=O)N1CCCCC1. The summed E-state index contributed by atoms with van der Waals surface area (Å²) in [5.41, 5.74) is 1.13. The Hall–Kier alpha value is -1.58.